The molecule has 32 heavy (non-hydrogen) atoms. The molecule has 11 heteroatoms. The minimum atomic E-state index is -1.58. The molecule has 0 saturated carbocycles. The zero-order chi connectivity index (χ0) is 23.8. The van der Waals surface area contributed by atoms with E-state index in [0.717, 1.165) is 6.42 Å². The smallest absolute Gasteiger partial charge is 0.187 e. The van der Waals surface area contributed by atoms with Crippen LogP contribution in [0.3, 0.4) is 0 Å². The van der Waals surface area contributed by atoms with Crippen LogP contribution in [0.2, 0.25) is 0 Å². The van der Waals surface area contributed by atoms with Gasteiger partial charge in [-0.15, -0.1) is 6.58 Å². The summed E-state index contributed by atoms with van der Waals surface area (Å²) in [4.78, 5) is 0. The summed E-state index contributed by atoms with van der Waals surface area (Å²) >= 11 is 0. The second-order valence-electron chi connectivity index (χ2n) is 9.48. The molecule has 6 N–H and O–H groups in total. The van der Waals surface area contributed by atoms with Gasteiger partial charge in [0.15, 0.2) is 12.6 Å². The Hall–Kier alpha value is -0.700. The van der Waals surface area contributed by atoms with Crippen LogP contribution in [0.4, 0.5) is 0 Å². The summed E-state index contributed by atoms with van der Waals surface area (Å²) in [6.45, 7) is 8.70. The van der Waals surface area contributed by atoms with Gasteiger partial charge in [-0.2, -0.15) is 0 Å². The van der Waals surface area contributed by atoms with E-state index in [1.54, 1.807) is 19.9 Å². The minimum absolute atomic E-state index is 0.247. The second kappa shape index (κ2) is 9.88. The molecular weight excluding hydrogens is 428 g/mol. The molecule has 0 spiro atoms. The number of ether oxygens (including phenoxy) is 5. The third kappa shape index (κ3) is 5.34. The van der Waals surface area contributed by atoms with Crippen molar-refractivity contribution in [3.63, 3.8) is 0 Å². The maximum atomic E-state index is 10.4. The Morgan fingerprint density at radius 3 is 2.28 bits per heavy atom. The van der Waals surface area contributed by atoms with Crippen molar-refractivity contribution in [2.24, 2.45) is 0 Å². The average Bonchev–Trinajstić information content (AvgIpc) is 3.16. The first kappa shape index (κ1) is 25.9. The SMILES string of the molecule is C=C[C@@]1(C)CC[C@H](C(C)(C)O[C@@H]2O[C@H](CO[C@@H]3OC[C@@H](O)[C@H](O)[C@H]3O)[C@@H](O)[C@H](O)[C@H]2O)O1. The lowest BCUT2D eigenvalue weighted by atomic mass is 9.95. The van der Waals surface area contributed by atoms with Gasteiger partial charge in [0.2, 0.25) is 0 Å². The molecule has 11 nitrogen and oxygen atoms in total. The van der Waals surface area contributed by atoms with E-state index in [4.69, 9.17) is 23.7 Å². The third-order valence-electron chi connectivity index (χ3n) is 6.49. The number of aliphatic hydroxyl groups excluding tert-OH is 6. The maximum Gasteiger partial charge on any atom is 0.187 e. The monoisotopic (exact) mass is 464 g/mol. The molecule has 0 aromatic carbocycles. The Morgan fingerprint density at radius 1 is 1.00 bits per heavy atom. The summed E-state index contributed by atoms with van der Waals surface area (Å²) in [5, 5.41) is 60.3. The lowest BCUT2D eigenvalue weighted by Gasteiger charge is -2.44. The molecule has 0 aromatic heterocycles. The molecule has 3 heterocycles. The van der Waals surface area contributed by atoms with E-state index in [1.807, 2.05) is 6.92 Å². The van der Waals surface area contributed by atoms with Gasteiger partial charge < -0.3 is 54.3 Å². The molecule has 0 unspecified atom stereocenters. The van der Waals surface area contributed by atoms with Crippen LogP contribution in [0.1, 0.15) is 33.6 Å². The average molecular weight is 465 g/mol. The largest absolute Gasteiger partial charge is 0.388 e. The topological polar surface area (TPSA) is 168 Å². The highest BCUT2D eigenvalue weighted by molar-refractivity contribution is 5.02. The first-order valence-electron chi connectivity index (χ1n) is 10.8. The van der Waals surface area contributed by atoms with Crippen molar-refractivity contribution in [2.45, 2.75) is 106 Å². The number of hydrogen-bond donors (Lipinski definition) is 6. The summed E-state index contributed by atoms with van der Waals surface area (Å²) in [5.41, 5.74) is -1.38. The van der Waals surface area contributed by atoms with Crippen LogP contribution in [0.15, 0.2) is 12.7 Å². The van der Waals surface area contributed by atoms with Crippen LogP contribution in [0, 0.1) is 0 Å². The molecule has 11 atom stereocenters. The lowest BCUT2D eigenvalue weighted by Crippen LogP contribution is -2.62. The van der Waals surface area contributed by atoms with Crippen LogP contribution in [-0.2, 0) is 23.7 Å². The standard InChI is InChI=1S/C21H36O11/c1-5-21(4)7-6-12(31-21)20(2,3)32-19-17(27)15(25)14(24)11(30-19)9-29-18-16(26)13(23)10(22)8-28-18/h5,10-19,22-27H,1,6-9H2,2-4H3/t10-,11-,12-,13+,14-,15+,16-,17-,18+,19+,21+/m1/s1. The molecule has 0 radical (unpaired) electrons. The number of aliphatic hydroxyl groups is 6. The van der Waals surface area contributed by atoms with Gasteiger partial charge in [0.1, 0.15) is 42.7 Å². The molecule has 186 valence electrons. The molecule has 0 bridgehead atoms. The summed E-state index contributed by atoms with van der Waals surface area (Å²) in [6, 6.07) is 0. The van der Waals surface area contributed by atoms with Crippen molar-refractivity contribution < 1.29 is 54.3 Å². The predicted molar refractivity (Wildman–Crippen MR) is 108 cm³/mol. The molecule has 0 aromatic rings. The fourth-order valence-corrected chi connectivity index (χ4v) is 4.14. The van der Waals surface area contributed by atoms with E-state index in [9.17, 15) is 30.6 Å². The first-order chi connectivity index (χ1) is 14.9. The van der Waals surface area contributed by atoms with Crippen molar-refractivity contribution >= 4 is 0 Å². The van der Waals surface area contributed by atoms with Crippen LogP contribution in [0.5, 0.6) is 0 Å². The van der Waals surface area contributed by atoms with Crippen molar-refractivity contribution in [3.8, 4) is 0 Å². The highest BCUT2D eigenvalue weighted by Crippen LogP contribution is 2.39. The zero-order valence-electron chi connectivity index (χ0n) is 18.6. The summed E-state index contributed by atoms with van der Waals surface area (Å²) in [6.07, 6.45) is -9.65. The van der Waals surface area contributed by atoms with Crippen molar-refractivity contribution in [1.29, 1.82) is 0 Å². The van der Waals surface area contributed by atoms with Gasteiger partial charge in [-0.25, -0.2) is 0 Å². The Morgan fingerprint density at radius 2 is 1.66 bits per heavy atom. The number of rotatable bonds is 7. The zero-order valence-corrected chi connectivity index (χ0v) is 18.6. The molecule has 3 saturated heterocycles. The fraction of sp³-hybridized carbons (Fsp3) is 0.905. The van der Waals surface area contributed by atoms with E-state index in [1.165, 1.54) is 0 Å². The van der Waals surface area contributed by atoms with E-state index < -0.39 is 66.5 Å². The van der Waals surface area contributed by atoms with E-state index in [-0.39, 0.29) is 19.3 Å². The van der Waals surface area contributed by atoms with Gasteiger partial charge in [0.25, 0.3) is 0 Å². The second-order valence-corrected chi connectivity index (χ2v) is 9.48. The van der Waals surface area contributed by atoms with Gasteiger partial charge in [0.05, 0.1) is 30.5 Å². The normalized spacial score (nSPS) is 48.0. The van der Waals surface area contributed by atoms with Crippen LogP contribution in [-0.4, -0.2) is 116 Å². The summed E-state index contributed by atoms with van der Waals surface area (Å²) < 4.78 is 28.3. The quantitative estimate of drug-likeness (QED) is 0.234. The van der Waals surface area contributed by atoms with Gasteiger partial charge in [0, 0.05) is 0 Å². The van der Waals surface area contributed by atoms with Crippen LogP contribution >= 0.6 is 0 Å². The number of hydrogen-bond acceptors (Lipinski definition) is 11. The molecule has 3 fully saturated rings. The van der Waals surface area contributed by atoms with Gasteiger partial charge >= 0.3 is 0 Å². The Balaban J connectivity index is 1.62. The van der Waals surface area contributed by atoms with Gasteiger partial charge in [-0.05, 0) is 33.6 Å². The summed E-state index contributed by atoms with van der Waals surface area (Å²) in [7, 11) is 0. The highest BCUT2D eigenvalue weighted by Gasteiger charge is 2.50. The molecule has 3 aliphatic rings. The Kier molecular flexibility index (Phi) is 8.00. The minimum Gasteiger partial charge on any atom is -0.388 e. The molecule has 3 aliphatic heterocycles. The van der Waals surface area contributed by atoms with Crippen molar-refractivity contribution in [3.05, 3.63) is 12.7 Å². The van der Waals surface area contributed by atoms with Crippen molar-refractivity contribution in [2.75, 3.05) is 13.2 Å². The predicted octanol–water partition coefficient (Wildman–Crippen LogP) is -1.83. The first-order valence-corrected chi connectivity index (χ1v) is 10.8. The van der Waals surface area contributed by atoms with Crippen LogP contribution < -0.4 is 0 Å². The van der Waals surface area contributed by atoms with E-state index in [2.05, 4.69) is 6.58 Å². The Labute approximate surface area is 187 Å². The van der Waals surface area contributed by atoms with Crippen molar-refractivity contribution in [1.82, 2.24) is 0 Å². The maximum absolute atomic E-state index is 10.4. The molecule has 0 aliphatic carbocycles. The molecule has 0 amide bonds. The van der Waals surface area contributed by atoms with E-state index >= 15 is 0 Å². The van der Waals surface area contributed by atoms with Crippen LogP contribution in [0.25, 0.3) is 0 Å². The van der Waals surface area contributed by atoms with Gasteiger partial charge in [-0.1, -0.05) is 6.08 Å². The third-order valence-corrected chi connectivity index (χ3v) is 6.49. The summed E-state index contributed by atoms with van der Waals surface area (Å²) in [5.74, 6) is 0. The molecular formula is C21H36O11. The highest BCUT2D eigenvalue weighted by atomic mass is 16.7. The lowest BCUT2D eigenvalue weighted by molar-refractivity contribution is -0.343. The van der Waals surface area contributed by atoms with Gasteiger partial charge in [-0.3, -0.25) is 0 Å². The molecule has 3 rings (SSSR count). The fourth-order valence-electron chi connectivity index (χ4n) is 4.14. The Bertz CT molecular complexity index is 645. The van der Waals surface area contributed by atoms with E-state index in [0.29, 0.717) is 6.42 Å².